The number of aliphatic hydroxyl groups excluding tert-OH is 2. The number of hydrogen-bond donors (Lipinski definition) is 2. The number of Topliss-reactive ketones (excluding diaryl/α,β-unsaturated/α-hetero) is 1. The van der Waals surface area contributed by atoms with Crippen LogP contribution < -0.4 is 4.74 Å². The molecule has 2 aromatic carbocycles. The molecule has 1 aliphatic heterocycles. The molecule has 0 bridgehead atoms. The van der Waals surface area contributed by atoms with Crippen LogP contribution in [-0.4, -0.2) is 47.1 Å². The van der Waals surface area contributed by atoms with Gasteiger partial charge in [0.15, 0.2) is 0 Å². The summed E-state index contributed by atoms with van der Waals surface area (Å²) in [5.74, 6) is -0.958. The smallest absolute Gasteiger partial charge is 0.295 e. The van der Waals surface area contributed by atoms with Gasteiger partial charge in [-0.3, -0.25) is 9.59 Å². The van der Waals surface area contributed by atoms with E-state index in [1.165, 1.54) is 4.90 Å². The van der Waals surface area contributed by atoms with E-state index < -0.39 is 17.7 Å². The van der Waals surface area contributed by atoms with Crippen molar-refractivity contribution in [2.75, 3.05) is 20.3 Å². The molecule has 1 aliphatic rings. The average molecular weight is 381 g/mol. The van der Waals surface area contributed by atoms with Crippen LogP contribution in [-0.2, 0) is 9.59 Å². The van der Waals surface area contributed by atoms with Crippen molar-refractivity contribution in [3.63, 3.8) is 0 Å². The summed E-state index contributed by atoms with van der Waals surface area (Å²) in [6.45, 7) is 2.04. The fourth-order valence-electron chi connectivity index (χ4n) is 3.35. The molecule has 146 valence electrons. The molecule has 3 rings (SSSR count). The van der Waals surface area contributed by atoms with Crippen LogP contribution in [0.3, 0.4) is 0 Å². The molecular weight excluding hydrogens is 358 g/mol. The highest BCUT2D eigenvalue weighted by atomic mass is 16.5. The van der Waals surface area contributed by atoms with Gasteiger partial charge in [0.05, 0.1) is 18.7 Å². The number of amides is 1. The summed E-state index contributed by atoms with van der Waals surface area (Å²) in [5.41, 5.74) is 2.24. The first kappa shape index (κ1) is 19.6. The van der Waals surface area contributed by atoms with E-state index in [0.717, 1.165) is 5.56 Å². The maximum absolute atomic E-state index is 12.8. The molecule has 2 N–H and O–H groups in total. The molecule has 1 heterocycles. The largest absolute Gasteiger partial charge is 0.507 e. The molecule has 1 saturated heterocycles. The fourth-order valence-corrected chi connectivity index (χ4v) is 3.35. The quantitative estimate of drug-likeness (QED) is 0.456. The highest BCUT2D eigenvalue weighted by molar-refractivity contribution is 6.46. The number of ether oxygens (including phenoxy) is 1. The molecular formula is C22H23NO5. The minimum absolute atomic E-state index is 0.0527. The van der Waals surface area contributed by atoms with Gasteiger partial charge >= 0.3 is 0 Å². The van der Waals surface area contributed by atoms with E-state index in [9.17, 15) is 19.8 Å². The molecule has 0 radical (unpaired) electrons. The zero-order valence-corrected chi connectivity index (χ0v) is 15.9. The molecule has 6 heteroatoms. The first-order chi connectivity index (χ1) is 13.5. The number of likely N-dealkylation sites (tertiary alicyclic amines) is 1. The van der Waals surface area contributed by atoms with Gasteiger partial charge in [-0.25, -0.2) is 0 Å². The van der Waals surface area contributed by atoms with Crippen molar-refractivity contribution in [2.24, 2.45) is 0 Å². The van der Waals surface area contributed by atoms with Crippen LogP contribution in [0.2, 0.25) is 0 Å². The predicted molar refractivity (Wildman–Crippen MR) is 105 cm³/mol. The number of carbonyl (C=O) groups is 2. The first-order valence-corrected chi connectivity index (χ1v) is 9.08. The maximum atomic E-state index is 12.8. The number of aliphatic hydroxyl groups is 2. The highest BCUT2D eigenvalue weighted by Gasteiger charge is 2.45. The summed E-state index contributed by atoms with van der Waals surface area (Å²) in [5, 5.41) is 20.1. The van der Waals surface area contributed by atoms with Crippen LogP contribution in [0, 0.1) is 6.92 Å². The summed E-state index contributed by atoms with van der Waals surface area (Å²) >= 11 is 0. The Bertz CT molecular complexity index is 900. The van der Waals surface area contributed by atoms with Gasteiger partial charge in [0, 0.05) is 18.7 Å². The summed E-state index contributed by atoms with van der Waals surface area (Å²) in [6, 6.07) is 13.4. The number of rotatable bonds is 6. The van der Waals surface area contributed by atoms with Crippen LogP contribution >= 0.6 is 0 Å². The maximum Gasteiger partial charge on any atom is 0.295 e. The Labute approximate surface area is 163 Å². The van der Waals surface area contributed by atoms with Crippen LogP contribution in [0.4, 0.5) is 0 Å². The molecule has 1 atom stereocenters. The van der Waals surface area contributed by atoms with Gasteiger partial charge in [-0.2, -0.15) is 0 Å². The van der Waals surface area contributed by atoms with Gasteiger partial charge in [0.2, 0.25) is 0 Å². The summed E-state index contributed by atoms with van der Waals surface area (Å²) in [7, 11) is 1.56. The van der Waals surface area contributed by atoms with Gasteiger partial charge in [0.1, 0.15) is 11.5 Å². The fraction of sp³-hybridized carbons (Fsp3) is 0.273. The Morgan fingerprint density at radius 3 is 2.29 bits per heavy atom. The number of carbonyl (C=O) groups excluding carboxylic acids is 2. The molecule has 0 aliphatic carbocycles. The molecule has 6 nitrogen and oxygen atoms in total. The Balaban J connectivity index is 2.13. The average Bonchev–Trinajstić information content (AvgIpc) is 2.97. The summed E-state index contributed by atoms with van der Waals surface area (Å²) in [6.07, 6.45) is 0.338. The van der Waals surface area contributed by atoms with Gasteiger partial charge < -0.3 is 19.8 Å². The van der Waals surface area contributed by atoms with Crippen molar-refractivity contribution in [3.8, 4) is 5.75 Å². The van der Waals surface area contributed by atoms with Gasteiger partial charge in [-0.15, -0.1) is 0 Å². The third-order valence-corrected chi connectivity index (χ3v) is 4.85. The molecule has 0 saturated carbocycles. The number of aryl methyl sites for hydroxylation is 1. The van der Waals surface area contributed by atoms with E-state index in [2.05, 4.69) is 0 Å². The second-order valence-electron chi connectivity index (χ2n) is 6.71. The number of nitrogens with zero attached hydrogens (tertiary/aromatic N) is 1. The van der Waals surface area contributed by atoms with Crippen molar-refractivity contribution >= 4 is 17.4 Å². The van der Waals surface area contributed by atoms with E-state index in [1.54, 1.807) is 43.5 Å². The third kappa shape index (κ3) is 3.64. The lowest BCUT2D eigenvalue weighted by atomic mass is 9.95. The van der Waals surface area contributed by atoms with Crippen LogP contribution in [0.5, 0.6) is 5.75 Å². The van der Waals surface area contributed by atoms with Gasteiger partial charge in [-0.05, 0) is 31.0 Å². The van der Waals surface area contributed by atoms with Crippen molar-refractivity contribution in [3.05, 3.63) is 70.8 Å². The van der Waals surface area contributed by atoms with Crippen LogP contribution in [0.25, 0.3) is 5.76 Å². The number of hydrogen-bond acceptors (Lipinski definition) is 5. The SMILES string of the molecule is COc1ccc(C2/C(=C(/O)c3ccc(C)cc3)C(=O)C(=O)N2CCCO)cc1. The second kappa shape index (κ2) is 8.27. The molecule has 1 unspecified atom stereocenters. The van der Waals surface area contributed by atoms with E-state index in [1.807, 2.05) is 19.1 Å². The molecule has 0 spiro atoms. The highest BCUT2D eigenvalue weighted by Crippen LogP contribution is 2.39. The lowest BCUT2D eigenvalue weighted by Crippen LogP contribution is -2.31. The Hall–Kier alpha value is -3.12. The summed E-state index contributed by atoms with van der Waals surface area (Å²) < 4.78 is 5.18. The van der Waals surface area contributed by atoms with Crippen molar-refractivity contribution in [2.45, 2.75) is 19.4 Å². The van der Waals surface area contributed by atoms with E-state index in [0.29, 0.717) is 23.3 Å². The van der Waals surface area contributed by atoms with Crippen LogP contribution in [0.15, 0.2) is 54.1 Å². The predicted octanol–water partition coefficient (Wildman–Crippen LogP) is 2.81. The first-order valence-electron chi connectivity index (χ1n) is 9.08. The third-order valence-electron chi connectivity index (χ3n) is 4.85. The molecule has 1 amide bonds. The number of ketones is 1. The molecule has 0 aromatic heterocycles. The minimum atomic E-state index is -0.725. The van der Waals surface area contributed by atoms with Gasteiger partial charge in [0.25, 0.3) is 11.7 Å². The number of benzene rings is 2. The molecule has 28 heavy (non-hydrogen) atoms. The van der Waals surface area contributed by atoms with Crippen molar-refractivity contribution in [1.29, 1.82) is 0 Å². The van der Waals surface area contributed by atoms with Crippen molar-refractivity contribution < 1.29 is 24.5 Å². The lowest BCUT2D eigenvalue weighted by Gasteiger charge is -2.25. The molecule has 2 aromatic rings. The second-order valence-corrected chi connectivity index (χ2v) is 6.71. The lowest BCUT2D eigenvalue weighted by molar-refractivity contribution is -0.140. The van der Waals surface area contributed by atoms with E-state index in [4.69, 9.17) is 4.74 Å². The minimum Gasteiger partial charge on any atom is -0.507 e. The zero-order valence-electron chi connectivity index (χ0n) is 15.9. The van der Waals surface area contributed by atoms with Crippen molar-refractivity contribution in [1.82, 2.24) is 4.90 Å². The topological polar surface area (TPSA) is 87.1 Å². The summed E-state index contributed by atoms with van der Waals surface area (Å²) in [4.78, 5) is 26.8. The standard InChI is InChI=1S/C22H23NO5/c1-14-4-6-16(7-5-14)20(25)18-19(15-8-10-17(28-2)11-9-15)23(12-3-13-24)22(27)21(18)26/h4-11,19,24-25H,3,12-13H2,1-2H3/b20-18-. The van der Waals surface area contributed by atoms with E-state index in [-0.39, 0.29) is 24.5 Å². The normalized spacial score (nSPS) is 18.5. The Kier molecular flexibility index (Phi) is 5.80. The molecule has 1 fully saturated rings. The zero-order chi connectivity index (χ0) is 20.3. The Morgan fingerprint density at radius 1 is 1.07 bits per heavy atom. The van der Waals surface area contributed by atoms with Crippen LogP contribution in [0.1, 0.15) is 29.2 Å². The Morgan fingerprint density at radius 2 is 1.71 bits per heavy atom. The van der Waals surface area contributed by atoms with Gasteiger partial charge in [-0.1, -0.05) is 42.0 Å². The monoisotopic (exact) mass is 381 g/mol. The van der Waals surface area contributed by atoms with E-state index >= 15 is 0 Å². The number of methoxy groups -OCH3 is 1.